The zero-order valence-corrected chi connectivity index (χ0v) is 19.3. The number of aromatic amines is 1. The first-order valence-electron chi connectivity index (χ1n) is 10.2. The Morgan fingerprint density at radius 3 is 2.61 bits per heavy atom. The third kappa shape index (κ3) is 4.40. The molecule has 9 heteroatoms. The van der Waals surface area contributed by atoms with Gasteiger partial charge in [-0.3, -0.25) is 0 Å². The maximum Gasteiger partial charge on any atom is 0.337 e. The van der Waals surface area contributed by atoms with E-state index in [9.17, 15) is 4.79 Å². The second-order valence-corrected chi connectivity index (χ2v) is 7.87. The van der Waals surface area contributed by atoms with Crippen molar-refractivity contribution in [2.45, 2.75) is 19.4 Å². The standard InChI is InChI=1S/C24H24N4O4S/c1-13-18(23(29)32-12-14-7-5-4-6-8-14)19(16-10-9-15(30-2)11-17(16)31-3)20-21(25)27-24(33)28-22(20)26-13/h4-11,19H,12H2,1-3H3,(H4,25,26,27,28,33). The molecule has 1 atom stereocenters. The van der Waals surface area contributed by atoms with Crippen molar-refractivity contribution in [2.24, 2.45) is 0 Å². The second-order valence-electron chi connectivity index (χ2n) is 7.48. The van der Waals surface area contributed by atoms with Crippen LogP contribution in [0, 0.1) is 4.77 Å². The Labute approximate surface area is 196 Å². The number of carbonyl (C=O) groups excluding carboxylic acids is 1. The molecule has 1 aliphatic heterocycles. The first-order valence-corrected chi connectivity index (χ1v) is 10.6. The molecule has 0 spiro atoms. The van der Waals surface area contributed by atoms with Crippen molar-refractivity contribution in [3.63, 3.8) is 0 Å². The Kier molecular flexibility index (Phi) is 6.32. The molecule has 2 aromatic carbocycles. The van der Waals surface area contributed by atoms with Crippen LogP contribution in [0.3, 0.4) is 0 Å². The van der Waals surface area contributed by atoms with E-state index in [-0.39, 0.29) is 11.4 Å². The summed E-state index contributed by atoms with van der Waals surface area (Å²) in [4.78, 5) is 20.7. The molecule has 4 rings (SSSR count). The van der Waals surface area contributed by atoms with Crippen LogP contribution < -0.4 is 20.5 Å². The van der Waals surface area contributed by atoms with Crippen molar-refractivity contribution < 1.29 is 19.0 Å². The third-order valence-corrected chi connectivity index (χ3v) is 5.67. The molecule has 170 valence electrons. The van der Waals surface area contributed by atoms with Gasteiger partial charge in [0.1, 0.15) is 29.7 Å². The summed E-state index contributed by atoms with van der Waals surface area (Å²) >= 11 is 5.20. The number of fused-ring (bicyclic) bond motifs is 1. The number of rotatable bonds is 6. The average Bonchev–Trinajstić information content (AvgIpc) is 2.81. The molecule has 0 bridgehead atoms. The minimum atomic E-state index is -0.607. The molecule has 0 saturated heterocycles. The van der Waals surface area contributed by atoms with E-state index in [1.807, 2.05) is 36.4 Å². The highest BCUT2D eigenvalue weighted by Gasteiger charge is 2.37. The minimum Gasteiger partial charge on any atom is -0.497 e. The molecule has 8 nitrogen and oxygen atoms in total. The van der Waals surface area contributed by atoms with Crippen molar-refractivity contribution in [3.8, 4) is 11.5 Å². The van der Waals surface area contributed by atoms with Crippen molar-refractivity contribution in [1.82, 2.24) is 9.97 Å². The SMILES string of the molecule is COc1ccc(C2C(C(=O)OCc3ccccc3)=C(C)Nc3nc(=S)[nH]c(N)c32)c(OC)c1. The van der Waals surface area contributed by atoms with E-state index in [0.717, 1.165) is 5.56 Å². The number of hydrogen-bond donors (Lipinski definition) is 3. The average molecular weight is 465 g/mol. The van der Waals surface area contributed by atoms with Crippen LogP contribution in [0.2, 0.25) is 0 Å². The van der Waals surface area contributed by atoms with Crippen LogP contribution in [-0.2, 0) is 16.1 Å². The van der Waals surface area contributed by atoms with Crippen LogP contribution >= 0.6 is 12.2 Å². The fraction of sp³-hybridized carbons (Fsp3) is 0.208. The van der Waals surface area contributed by atoms with E-state index < -0.39 is 11.9 Å². The number of carbonyl (C=O) groups is 1. The van der Waals surface area contributed by atoms with E-state index in [2.05, 4.69) is 15.3 Å². The Hall–Kier alpha value is -3.85. The number of allylic oxidation sites excluding steroid dienone is 1. The largest absolute Gasteiger partial charge is 0.497 e. The molecule has 1 unspecified atom stereocenters. The summed E-state index contributed by atoms with van der Waals surface area (Å²) in [7, 11) is 3.14. The normalized spacial score (nSPS) is 14.8. The van der Waals surface area contributed by atoms with Crippen LogP contribution in [0.15, 0.2) is 59.8 Å². The van der Waals surface area contributed by atoms with Crippen molar-refractivity contribution in [3.05, 3.63) is 81.3 Å². The number of nitrogens with zero attached hydrogens (tertiary/aromatic N) is 1. The molecule has 1 aliphatic rings. The lowest BCUT2D eigenvalue weighted by Gasteiger charge is -2.31. The van der Waals surface area contributed by atoms with E-state index in [1.54, 1.807) is 33.3 Å². The third-order valence-electron chi connectivity index (χ3n) is 5.47. The first kappa shape index (κ1) is 22.3. The predicted molar refractivity (Wildman–Crippen MR) is 128 cm³/mol. The van der Waals surface area contributed by atoms with Gasteiger partial charge in [0.25, 0.3) is 0 Å². The molecule has 0 amide bonds. The van der Waals surface area contributed by atoms with Crippen LogP contribution in [0.5, 0.6) is 11.5 Å². The molecule has 2 heterocycles. The smallest absolute Gasteiger partial charge is 0.337 e. The fourth-order valence-electron chi connectivity index (χ4n) is 3.93. The summed E-state index contributed by atoms with van der Waals surface area (Å²) in [5, 5.41) is 3.17. The van der Waals surface area contributed by atoms with Gasteiger partial charge in [0.15, 0.2) is 4.77 Å². The highest BCUT2D eigenvalue weighted by molar-refractivity contribution is 7.71. The number of nitrogens with two attached hydrogens (primary N) is 1. The Bertz CT molecular complexity index is 1290. The molecule has 0 fully saturated rings. The minimum absolute atomic E-state index is 0.140. The van der Waals surface area contributed by atoms with Crippen LogP contribution in [0.25, 0.3) is 0 Å². The van der Waals surface area contributed by atoms with Crippen molar-refractivity contribution in [2.75, 3.05) is 25.3 Å². The van der Waals surface area contributed by atoms with Gasteiger partial charge in [-0.2, -0.15) is 0 Å². The van der Waals surface area contributed by atoms with E-state index in [1.165, 1.54) is 0 Å². The molecular formula is C24H24N4O4S. The molecule has 0 radical (unpaired) electrons. The number of nitrogens with one attached hydrogen (secondary N) is 2. The number of methoxy groups -OCH3 is 2. The lowest BCUT2D eigenvalue weighted by Crippen LogP contribution is -2.26. The van der Waals surface area contributed by atoms with Gasteiger partial charge in [-0.15, -0.1) is 0 Å². The van der Waals surface area contributed by atoms with E-state index in [4.69, 9.17) is 32.2 Å². The number of H-pyrrole nitrogens is 1. The van der Waals surface area contributed by atoms with Crippen molar-refractivity contribution >= 4 is 29.8 Å². The summed E-state index contributed by atoms with van der Waals surface area (Å²) in [5.41, 5.74) is 9.53. The summed E-state index contributed by atoms with van der Waals surface area (Å²) in [6, 6.07) is 14.9. The number of ether oxygens (including phenoxy) is 3. The molecule has 33 heavy (non-hydrogen) atoms. The Morgan fingerprint density at radius 2 is 1.91 bits per heavy atom. The van der Waals surface area contributed by atoms with Gasteiger partial charge < -0.3 is 30.2 Å². The number of benzene rings is 2. The Morgan fingerprint density at radius 1 is 1.15 bits per heavy atom. The zero-order chi connectivity index (χ0) is 23.5. The number of esters is 1. The molecule has 0 aliphatic carbocycles. The van der Waals surface area contributed by atoms with Crippen LogP contribution in [-0.4, -0.2) is 30.2 Å². The highest BCUT2D eigenvalue weighted by Crippen LogP contribution is 2.46. The molecule has 4 N–H and O–H groups in total. The fourth-order valence-corrected chi connectivity index (χ4v) is 4.13. The zero-order valence-electron chi connectivity index (χ0n) is 18.5. The maximum absolute atomic E-state index is 13.4. The number of hydrogen-bond acceptors (Lipinski definition) is 8. The lowest BCUT2D eigenvalue weighted by atomic mass is 9.81. The highest BCUT2D eigenvalue weighted by atomic mass is 32.1. The van der Waals surface area contributed by atoms with Crippen LogP contribution in [0.4, 0.5) is 11.6 Å². The van der Waals surface area contributed by atoms with Gasteiger partial charge in [-0.25, -0.2) is 9.78 Å². The predicted octanol–water partition coefficient (Wildman–Crippen LogP) is 4.31. The van der Waals surface area contributed by atoms with E-state index in [0.29, 0.717) is 45.5 Å². The Balaban J connectivity index is 1.83. The molecule has 0 saturated carbocycles. The molecule has 3 aromatic rings. The van der Waals surface area contributed by atoms with Crippen LogP contribution in [0.1, 0.15) is 29.5 Å². The monoisotopic (exact) mass is 464 g/mol. The number of anilines is 2. The van der Waals surface area contributed by atoms with Gasteiger partial charge in [-0.05, 0) is 30.8 Å². The lowest BCUT2D eigenvalue weighted by molar-refractivity contribution is -0.140. The second kappa shape index (κ2) is 9.33. The van der Waals surface area contributed by atoms with Gasteiger partial charge in [0.2, 0.25) is 0 Å². The first-order chi connectivity index (χ1) is 15.9. The summed E-state index contributed by atoms with van der Waals surface area (Å²) in [6.45, 7) is 1.93. The summed E-state index contributed by atoms with van der Waals surface area (Å²) in [5.74, 6) is 0.869. The van der Waals surface area contributed by atoms with Gasteiger partial charge >= 0.3 is 5.97 Å². The van der Waals surface area contributed by atoms with E-state index >= 15 is 0 Å². The number of aromatic nitrogens is 2. The van der Waals surface area contributed by atoms with Gasteiger partial charge in [-0.1, -0.05) is 36.4 Å². The summed E-state index contributed by atoms with van der Waals surface area (Å²) in [6.07, 6.45) is 0. The van der Waals surface area contributed by atoms with Gasteiger partial charge in [0, 0.05) is 22.9 Å². The van der Waals surface area contributed by atoms with Gasteiger partial charge in [0.05, 0.1) is 25.7 Å². The molecule has 1 aromatic heterocycles. The quantitative estimate of drug-likeness (QED) is 0.365. The van der Waals surface area contributed by atoms with Crippen molar-refractivity contribution in [1.29, 1.82) is 0 Å². The molecular weight excluding hydrogens is 440 g/mol. The topological polar surface area (TPSA) is 111 Å². The summed E-state index contributed by atoms with van der Waals surface area (Å²) < 4.78 is 16.9. The number of nitrogen functional groups attached to an aromatic ring is 1. The maximum atomic E-state index is 13.4.